The Kier molecular flexibility index (Phi) is 3.71. The molecular formula is C18H24N2O2. The van der Waals surface area contributed by atoms with E-state index in [0.717, 1.165) is 29.7 Å². The molecule has 22 heavy (non-hydrogen) atoms. The van der Waals surface area contributed by atoms with Gasteiger partial charge in [-0.2, -0.15) is 0 Å². The van der Waals surface area contributed by atoms with Gasteiger partial charge in [0.05, 0.1) is 11.8 Å². The molecule has 1 saturated carbocycles. The number of fused-ring (bicyclic) bond motifs is 1. The minimum absolute atomic E-state index is 0.0855. The molecule has 3 rings (SSSR count). The van der Waals surface area contributed by atoms with E-state index < -0.39 is 5.41 Å². The topological polar surface area (TPSA) is 49.4 Å². The number of nitrogens with one attached hydrogen (secondary N) is 1. The first kappa shape index (κ1) is 15.1. The van der Waals surface area contributed by atoms with Crippen LogP contribution in [0, 0.1) is 0 Å². The maximum absolute atomic E-state index is 12.3. The lowest BCUT2D eigenvalue weighted by Crippen LogP contribution is -2.34. The Balaban J connectivity index is 1.75. The Hall–Kier alpha value is -1.84. The van der Waals surface area contributed by atoms with Gasteiger partial charge in [0.2, 0.25) is 11.8 Å². The van der Waals surface area contributed by atoms with Crippen molar-refractivity contribution in [2.75, 3.05) is 11.9 Å². The van der Waals surface area contributed by atoms with Gasteiger partial charge in [0.25, 0.3) is 0 Å². The molecule has 0 spiro atoms. The number of carbonyl (C=O) groups excluding carboxylic acids is 2. The van der Waals surface area contributed by atoms with Crippen molar-refractivity contribution in [2.24, 2.45) is 0 Å². The summed E-state index contributed by atoms with van der Waals surface area (Å²) in [5.74, 6) is 0.192. The number of carbonyl (C=O) groups is 2. The molecule has 1 fully saturated rings. The first-order valence-corrected chi connectivity index (χ1v) is 8.10. The number of rotatable bonds is 3. The maximum atomic E-state index is 12.3. The van der Waals surface area contributed by atoms with Gasteiger partial charge in [-0.15, -0.1) is 0 Å². The van der Waals surface area contributed by atoms with E-state index in [1.807, 2.05) is 39.1 Å². The highest BCUT2D eigenvalue weighted by Crippen LogP contribution is 2.41. The summed E-state index contributed by atoms with van der Waals surface area (Å²) in [5, 5.41) is 3.12. The van der Waals surface area contributed by atoms with Crippen LogP contribution in [-0.4, -0.2) is 24.9 Å². The third kappa shape index (κ3) is 2.51. The summed E-state index contributed by atoms with van der Waals surface area (Å²) in [6.45, 7) is 3.89. The Bertz CT molecular complexity index is 616. The predicted octanol–water partition coefficient (Wildman–Crippen LogP) is 2.54. The highest BCUT2D eigenvalue weighted by atomic mass is 16.2. The normalized spacial score (nSPS) is 20.3. The number of nitrogens with zero attached hydrogens (tertiary/aromatic N) is 1. The van der Waals surface area contributed by atoms with Crippen LogP contribution in [0.3, 0.4) is 0 Å². The molecule has 1 aromatic rings. The predicted molar refractivity (Wildman–Crippen MR) is 87.0 cm³/mol. The fourth-order valence-corrected chi connectivity index (χ4v) is 3.66. The standard InChI is InChI=1S/C18H24N2O2/c1-18(2)14-10-12(8-9-15(14)20(3)17(18)22)11-16(21)19-13-6-4-5-7-13/h8-10,13H,4-7,11H2,1-3H3,(H,19,21). The quantitative estimate of drug-likeness (QED) is 0.932. The second-order valence-corrected chi connectivity index (χ2v) is 7.07. The molecule has 1 aromatic carbocycles. The van der Waals surface area contributed by atoms with Gasteiger partial charge in [-0.25, -0.2) is 0 Å². The number of likely N-dealkylation sites (N-methyl/N-ethyl adjacent to an activating group) is 1. The molecule has 4 heteroatoms. The van der Waals surface area contributed by atoms with Crippen molar-refractivity contribution in [2.45, 2.75) is 57.4 Å². The Morgan fingerprint density at radius 2 is 2.00 bits per heavy atom. The SMILES string of the molecule is CN1C(=O)C(C)(C)c2cc(CC(=O)NC3CCCC3)ccc21. The molecule has 0 bridgehead atoms. The average molecular weight is 300 g/mol. The molecule has 118 valence electrons. The minimum Gasteiger partial charge on any atom is -0.353 e. The van der Waals surface area contributed by atoms with Crippen LogP contribution < -0.4 is 10.2 Å². The van der Waals surface area contributed by atoms with E-state index in [4.69, 9.17) is 0 Å². The van der Waals surface area contributed by atoms with Gasteiger partial charge in [0, 0.05) is 18.8 Å². The Morgan fingerprint density at radius 1 is 1.32 bits per heavy atom. The average Bonchev–Trinajstić information content (AvgIpc) is 3.03. The van der Waals surface area contributed by atoms with E-state index in [2.05, 4.69) is 5.32 Å². The molecule has 1 N–H and O–H groups in total. The van der Waals surface area contributed by atoms with E-state index in [-0.39, 0.29) is 11.8 Å². The van der Waals surface area contributed by atoms with Crippen molar-refractivity contribution in [1.82, 2.24) is 5.32 Å². The summed E-state index contributed by atoms with van der Waals surface area (Å²) in [6, 6.07) is 6.29. The van der Waals surface area contributed by atoms with Gasteiger partial charge in [0.1, 0.15) is 0 Å². The smallest absolute Gasteiger partial charge is 0.236 e. The van der Waals surface area contributed by atoms with Crippen LogP contribution in [0.15, 0.2) is 18.2 Å². The first-order valence-electron chi connectivity index (χ1n) is 8.10. The van der Waals surface area contributed by atoms with Crippen molar-refractivity contribution in [1.29, 1.82) is 0 Å². The molecule has 1 aliphatic carbocycles. The second-order valence-electron chi connectivity index (χ2n) is 7.07. The fraction of sp³-hybridized carbons (Fsp3) is 0.556. The van der Waals surface area contributed by atoms with Crippen LogP contribution in [0.2, 0.25) is 0 Å². The molecule has 0 aromatic heterocycles. The van der Waals surface area contributed by atoms with Crippen molar-refractivity contribution >= 4 is 17.5 Å². The number of hydrogen-bond acceptors (Lipinski definition) is 2. The monoisotopic (exact) mass is 300 g/mol. The van der Waals surface area contributed by atoms with Crippen LogP contribution in [0.25, 0.3) is 0 Å². The molecule has 1 aliphatic heterocycles. The largest absolute Gasteiger partial charge is 0.353 e. The lowest BCUT2D eigenvalue weighted by molar-refractivity contribution is -0.122. The van der Waals surface area contributed by atoms with E-state index in [1.165, 1.54) is 12.8 Å². The number of anilines is 1. The lowest BCUT2D eigenvalue weighted by atomic mass is 9.85. The van der Waals surface area contributed by atoms with Gasteiger partial charge >= 0.3 is 0 Å². The Labute approximate surface area is 131 Å². The van der Waals surface area contributed by atoms with E-state index in [1.54, 1.807) is 4.90 Å². The molecule has 4 nitrogen and oxygen atoms in total. The zero-order valence-electron chi connectivity index (χ0n) is 13.6. The van der Waals surface area contributed by atoms with Crippen LogP contribution >= 0.6 is 0 Å². The molecule has 0 radical (unpaired) electrons. The number of hydrogen-bond donors (Lipinski definition) is 1. The van der Waals surface area contributed by atoms with Gasteiger partial charge in [-0.3, -0.25) is 9.59 Å². The van der Waals surface area contributed by atoms with Gasteiger partial charge in [0.15, 0.2) is 0 Å². The van der Waals surface area contributed by atoms with E-state index in [0.29, 0.717) is 12.5 Å². The van der Waals surface area contributed by atoms with Crippen LogP contribution in [-0.2, 0) is 21.4 Å². The molecule has 2 amide bonds. The molecule has 0 unspecified atom stereocenters. The molecule has 0 saturated heterocycles. The van der Waals surface area contributed by atoms with Crippen molar-refractivity contribution in [3.63, 3.8) is 0 Å². The summed E-state index contributed by atoms with van der Waals surface area (Å²) in [4.78, 5) is 26.2. The summed E-state index contributed by atoms with van der Waals surface area (Å²) >= 11 is 0. The highest BCUT2D eigenvalue weighted by Gasteiger charge is 2.42. The number of amides is 2. The van der Waals surface area contributed by atoms with Gasteiger partial charge in [-0.05, 0) is 43.9 Å². The van der Waals surface area contributed by atoms with Crippen molar-refractivity contribution in [3.05, 3.63) is 29.3 Å². The Morgan fingerprint density at radius 3 is 2.68 bits per heavy atom. The molecule has 2 aliphatic rings. The lowest BCUT2D eigenvalue weighted by Gasteiger charge is -2.17. The number of benzene rings is 1. The maximum Gasteiger partial charge on any atom is 0.236 e. The van der Waals surface area contributed by atoms with Gasteiger partial charge < -0.3 is 10.2 Å². The molecule has 1 heterocycles. The highest BCUT2D eigenvalue weighted by molar-refractivity contribution is 6.07. The third-order valence-electron chi connectivity index (χ3n) is 5.02. The summed E-state index contributed by atoms with van der Waals surface area (Å²) in [6.07, 6.45) is 5.02. The second kappa shape index (κ2) is 5.41. The molecule has 0 atom stereocenters. The summed E-state index contributed by atoms with van der Waals surface area (Å²) in [5.41, 5.74) is 2.44. The van der Waals surface area contributed by atoms with Crippen LogP contribution in [0.4, 0.5) is 5.69 Å². The fourth-order valence-electron chi connectivity index (χ4n) is 3.66. The zero-order chi connectivity index (χ0) is 15.9. The van der Waals surface area contributed by atoms with E-state index >= 15 is 0 Å². The summed E-state index contributed by atoms with van der Waals surface area (Å²) in [7, 11) is 1.81. The zero-order valence-corrected chi connectivity index (χ0v) is 13.6. The third-order valence-corrected chi connectivity index (χ3v) is 5.02. The van der Waals surface area contributed by atoms with Gasteiger partial charge in [-0.1, -0.05) is 25.0 Å². The first-order chi connectivity index (χ1) is 10.4. The van der Waals surface area contributed by atoms with Crippen LogP contribution in [0.5, 0.6) is 0 Å². The molecular weight excluding hydrogens is 276 g/mol. The summed E-state index contributed by atoms with van der Waals surface area (Å²) < 4.78 is 0. The van der Waals surface area contributed by atoms with Crippen molar-refractivity contribution < 1.29 is 9.59 Å². The van der Waals surface area contributed by atoms with E-state index in [9.17, 15) is 9.59 Å². The minimum atomic E-state index is -0.512. The van der Waals surface area contributed by atoms with Crippen molar-refractivity contribution in [3.8, 4) is 0 Å². The van der Waals surface area contributed by atoms with Crippen LogP contribution in [0.1, 0.15) is 50.7 Å².